The summed E-state index contributed by atoms with van der Waals surface area (Å²) in [6.07, 6.45) is 0. The molecule has 0 aliphatic carbocycles. The summed E-state index contributed by atoms with van der Waals surface area (Å²) in [6, 6.07) is 0. The van der Waals surface area contributed by atoms with Crippen molar-refractivity contribution in [3.05, 3.63) is 0 Å². The molecule has 0 N–H and O–H groups in total. The smallest absolute Gasteiger partial charge is 0 e. The van der Waals surface area contributed by atoms with E-state index >= 15 is 0 Å². The second-order valence-corrected chi connectivity index (χ2v) is 0. The topological polar surface area (TPSA) is 0 Å². The summed E-state index contributed by atoms with van der Waals surface area (Å²) >= 11 is 0. The summed E-state index contributed by atoms with van der Waals surface area (Å²) in [5, 5.41) is 0. The van der Waals surface area contributed by atoms with Gasteiger partial charge in [-0.25, -0.2) is 0 Å². The molecule has 5 heavy (non-hydrogen) atoms. The minimum atomic E-state index is 0. The van der Waals surface area contributed by atoms with Crippen molar-refractivity contribution < 1.29 is 151 Å². The Kier molecular flexibility index (Phi) is 149. The van der Waals surface area contributed by atoms with Crippen LogP contribution in [0.25, 0.3) is 0 Å². The molecule has 0 rings (SSSR count). The molecule has 0 aromatic carbocycles. The zero-order chi connectivity index (χ0) is 0. The largest absolute Gasteiger partial charge is 0.0776 e. The molecule has 0 fully saturated rings. The molecule has 40 valence electrons. The zero-order valence-electron chi connectivity index (χ0n) is 1.41. The predicted octanol–water partition coefficient (Wildman–Crippen LogP) is 0.636. The second kappa shape index (κ2) is 23.0. The van der Waals surface area contributed by atoms with Gasteiger partial charge in [-0.05, 0) is 0 Å². The van der Waals surface area contributed by atoms with Crippen LogP contribution in [0.5, 0.6) is 0 Å². The van der Waals surface area contributed by atoms with Crippen molar-refractivity contribution in [2.24, 2.45) is 0 Å². The van der Waals surface area contributed by atoms with Gasteiger partial charge in [-0.2, -0.15) is 0 Å². The first-order chi connectivity index (χ1) is 0. The first-order valence-corrected chi connectivity index (χ1v) is 0. The fourth-order valence-electron chi connectivity index (χ4n) is 0. The van der Waals surface area contributed by atoms with Crippen molar-refractivity contribution in [1.29, 1.82) is 0 Å². The average Bonchev–Trinajstić information content (AvgIpc) is 0. The molecule has 0 atom stereocenters. The Labute approximate surface area is 153 Å². The molecule has 0 aromatic rings. The van der Waals surface area contributed by atoms with E-state index in [4.69, 9.17) is 0 Å². The van der Waals surface area contributed by atoms with E-state index in [1.807, 2.05) is 0 Å². The van der Waals surface area contributed by atoms with Gasteiger partial charge in [0, 0.05) is 151 Å². The Balaban J connectivity index is 0. The first-order valence-electron chi connectivity index (χ1n) is 0. The summed E-state index contributed by atoms with van der Waals surface area (Å²) in [5.74, 6) is 0. The van der Waals surface area contributed by atoms with E-state index in [0.717, 1.165) is 0 Å². The zero-order valence-corrected chi connectivity index (χ0v) is 4.24. The van der Waals surface area contributed by atoms with Crippen LogP contribution in [0.3, 0.4) is 0 Å². The Morgan fingerprint density at radius 1 is 0.400 bits per heavy atom. The second-order valence-electron chi connectivity index (χ2n) is 0. The molecule has 4 heteroatoms. The van der Waals surface area contributed by atoms with Crippen molar-refractivity contribution in [3.8, 4) is 0 Å². The van der Waals surface area contributed by atoms with Gasteiger partial charge in [-0.3, -0.25) is 0 Å². The summed E-state index contributed by atoms with van der Waals surface area (Å²) in [6.45, 7) is 0. The molecule has 0 bridgehead atoms. The van der Waals surface area contributed by atoms with Crippen molar-refractivity contribution in [2.45, 2.75) is 7.43 Å². The van der Waals surface area contributed by atoms with Crippen LogP contribution in [-0.4, -0.2) is 0 Å². The van der Waals surface area contributed by atoms with E-state index in [2.05, 4.69) is 0 Å². The third kappa shape index (κ3) is 17.6. The molecule has 0 aliphatic heterocycles. The quantitative estimate of drug-likeness (QED) is 0.507. The Morgan fingerprint density at radius 3 is 0.400 bits per heavy atom. The van der Waals surface area contributed by atoms with Crippen molar-refractivity contribution in [2.75, 3.05) is 0 Å². The van der Waals surface area contributed by atoms with Crippen LogP contribution in [0.4, 0.5) is 0 Å². The first kappa shape index (κ1) is 32.3. The van der Waals surface area contributed by atoms with Crippen LogP contribution in [0, 0.1) is 151 Å². The van der Waals surface area contributed by atoms with Crippen LogP contribution in [0.2, 0.25) is 0 Å². The molecule has 0 saturated carbocycles. The van der Waals surface area contributed by atoms with E-state index < -0.39 is 0 Å². The van der Waals surface area contributed by atoms with Gasteiger partial charge in [0.2, 0.25) is 0 Å². The van der Waals surface area contributed by atoms with Gasteiger partial charge in [0.25, 0.3) is 0 Å². The Bertz CT molecular complexity index is 3.61. The standard InChI is InChI=1S/CH4.4Ar/h1H4;;;;. The van der Waals surface area contributed by atoms with E-state index in [0.29, 0.717) is 0 Å². The van der Waals surface area contributed by atoms with E-state index in [-0.39, 0.29) is 158 Å². The fraction of sp³-hybridized carbons (Fsp3) is 1.00. The third-order valence-corrected chi connectivity index (χ3v) is 0. The van der Waals surface area contributed by atoms with Crippen LogP contribution in [0.15, 0.2) is 0 Å². The molecule has 0 radical (unpaired) electrons. The van der Waals surface area contributed by atoms with Gasteiger partial charge in [-0.1, -0.05) is 7.43 Å². The maximum absolute atomic E-state index is 0. The molecule has 0 aliphatic rings. The molecular formula is CH4Ar4. The predicted molar refractivity (Wildman–Crippen MR) is 6.73 cm³/mol. The maximum atomic E-state index is 0. The normalized spacial score (nSPS) is 0. The molecule has 0 nitrogen and oxygen atoms in total. The number of hydrogen-bond donors (Lipinski definition) is 0. The molecule has 0 heterocycles. The van der Waals surface area contributed by atoms with Gasteiger partial charge >= 0.3 is 0 Å². The monoisotopic (exact) mass is 176 g/mol. The third-order valence-electron chi connectivity index (χ3n) is 0. The number of hydrogen-bond acceptors (Lipinski definition) is 0. The van der Waals surface area contributed by atoms with Crippen LogP contribution >= 0.6 is 0 Å². The van der Waals surface area contributed by atoms with Gasteiger partial charge in [0.1, 0.15) is 0 Å². The van der Waals surface area contributed by atoms with Gasteiger partial charge in [-0.15, -0.1) is 0 Å². The van der Waals surface area contributed by atoms with Crippen LogP contribution in [0.1, 0.15) is 7.43 Å². The Morgan fingerprint density at radius 2 is 0.400 bits per heavy atom. The molecule has 0 saturated heterocycles. The summed E-state index contributed by atoms with van der Waals surface area (Å²) in [5.41, 5.74) is 0. The SMILES string of the molecule is C.[Ar].[Ar].[Ar].[Ar]. The fourth-order valence-corrected chi connectivity index (χ4v) is 0. The van der Waals surface area contributed by atoms with Crippen molar-refractivity contribution in [3.63, 3.8) is 0 Å². The minimum Gasteiger partial charge on any atom is -0.0776 e. The summed E-state index contributed by atoms with van der Waals surface area (Å²) < 4.78 is 0. The van der Waals surface area contributed by atoms with Gasteiger partial charge in [0.15, 0.2) is 0 Å². The van der Waals surface area contributed by atoms with E-state index in [9.17, 15) is 0 Å². The van der Waals surface area contributed by atoms with Crippen LogP contribution < -0.4 is 0 Å². The summed E-state index contributed by atoms with van der Waals surface area (Å²) in [4.78, 5) is 0. The van der Waals surface area contributed by atoms with Crippen molar-refractivity contribution >= 4 is 0 Å². The molecule has 0 amide bonds. The van der Waals surface area contributed by atoms with E-state index in [1.54, 1.807) is 0 Å². The molecule has 0 unspecified atom stereocenters. The van der Waals surface area contributed by atoms with Crippen molar-refractivity contribution in [1.82, 2.24) is 0 Å². The molecule has 0 spiro atoms. The molecular weight excluding hydrogens is 172 g/mol. The summed E-state index contributed by atoms with van der Waals surface area (Å²) in [7, 11) is 0. The van der Waals surface area contributed by atoms with Crippen LogP contribution in [-0.2, 0) is 0 Å². The Hall–Kier alpha value is 5.04. The average molecular weight is 176 g/mol. The van der Waals surface area contributed by atoms with Gasteiger partial charge < -0.3 is 0 Å². The molecule has 0 aromatic heterocycles. The number of rotatable bonds is 0. The van der Waals surface area contributed by atoms with E-state index in [1.165, 1.54) is 0 Å². The minimum absolute atomic E-state index is 0. The maximum Gasteiger partial charge on any atom is 0 e. The van der Waals surface area contributed by atoms with Gasteiger partial charge in [0.05, 0.1) is 0 Å².